The molecule has 2 fully saturated rings. The van der Waals surface area contributed by atoms with Gasteiger partial charge in [0.05, 0.1) is 16.8 Å². The zero-order valence-electron chi connectivity index (χ0n) is 16.6. The zero-order chi connectivity index (χ0) is 21.0. The monoisotopic (exact) mass is 441 g/mol. The lowest BCUT2D eigenvalue weighted by molar-refractivity contribution is -0.0870. The molecule has 1 saturated heterocycles. The fourth-order valence-corrected chi connectivity index (χ4v) is 4.25. The third-order valence-corrected chi connectivity index (χ3v) is 6.23. The summed E-state index contributed by atoms with van der Waals surface area (Å²) in [5.74, 6) is 1.51. The summed E-state index contributed by atoms with van der Waals surface area (Å²) in [6.45, 7) is 3.66. The van der Waals surface area contributed by atoms with E-state index in [2.05, 4.69) is 15.3 Å². The molecule has 5 rings (SSSR count). The molecule has 1 atom stereocenters. The largest absolute Gasteiger partial charge is 0.420 e. The molecule has 1 aromatic rings. The van der Waals surface area contributed by atoms with Crippen molar-refractivity contribution in [3.05, 3.63) is 28.2 Å². The standard InChI is InChI=1S/C19H23ClF3N7/c1-11-14(20)10-13(19(21,22)23)17-24-15(26-29(11)17)6-7-16-25-18(28-8-2-3-9-28)30(27-16)12-4-5-12/h10,12,15,26H,2-9H2,1H3. The second kappa shape index (κ2) is 7.26. The summed E-state index contributed by atoms with van der Waals surface area (Å²) in [5.41, 5.74) is 2.70. The van der Waals surface area contributed by atoms with Crippen LogP contribution in [-0.2, 0) is 6.42 Å². The van der Waals surface area contributed by atoms with Crippen LogP contribution in [0.15, 0.2) is 27.4 Å². The molecule has 4 aliphatic rings. The molecular weight excluding hydrogens is 419 g/mol. The van der Waals surface area contributed by atoms with Crippen molar-refractivity contribution in [3.8, 4) is 0 Å². The number of allylic oxidation sites excluding steroid dienone is 3. The number of aryl methyl sites for hydroxylation is 1. The number of nitrogens with one attached hydrogen (secondary N) is 1. The summed E-state index contributed by atoms with van der Waals surface area (Å²) in [4.78, 5) is 11.3. The molecule has 0 spiro atoms. The van der Waals surface area contributed by atoms with E-state index in [1.807, 2.05) is 4.68 Å². The zero-order valence-corrected chi connectivity index (χ0v) is 17.3. The predicted octanol–water partition coefficient (Wildman–Crippen LogP) is 3.66. The van der Waals surface area contributed by atoms with Crippen LogP contribution in [-0.4, -0.2) is 51.0 Å². The van der Waals surface area contributed by atoms with Crippen LogP contribution < -0.4 is 10.3 Å². The second-order valence-electron chi connectivity index (χ2n) is 8.16. The summed E-state index contributed by atoms with van der Waals surface area (Å²) in [7, 11) is 0. The number of halogens is 4. The molecule has 162 valence electrons. The summed E-state index contributed by atoms with van der Waals surface area (Å²) >= 11 is 6.01. The van der Waals surface area contributed by atoms with E-state index in [4.69, 9.17) is 21.7 Å². The molecule has 3 aliphatic heterocycles. The quantitative estimate of drug-likeness (QED) is 0.755. The van der Waals surface area contributed by atoms with E-state index >= 15 is 0 Å². The molecule has 1 unspecified atom stereocenters. The van der Waals surface area contributed by atoms with Crippen LogP contribution in [0.1, 0.15) is 50.9 Å². The van der Waals surface area contributed by atoms with Gasteiger partial charge in [0, 0.05) is 19.5 Å². The highest BCUT2D eigenvalue weighted by Gasteiger charge is 2.44. The highest BCUT2D eigenvalue weighted by atomic mass is 35.5. The second-order valence-corrected chi connectivity index (χ2v) is 8.57. The van der Waals surface area contributed by atoms with E-state index in [1.54, 1.807) is 6.92 Å². The van der Waals surface area contributed by atoms with Crippen molar-refractivity contribution < 1.29 is 13.2 Å². The average Bonchev–Trinajstić information content (AvgIpc) is 3.11. The molecular formula is C19H23ClF3N7. The van der Waals surface area contributed by atoms with Gasteiger partial charge in [0.15, 0.2) is 11.7 Å². The third kappa shape index (κ3) is 3.60. The normalized spacial score (nSPS) is 24.5. The Bertz CT molecular complexity index is 938. The summed E-state index contributed by atoms with van der Waals surface area (Å²) in [6, 6.07) is 0.426. The molecule has 1 N–H and O–H groups in total. The molecule has 30 heavy (non-hydrogen) atoms. The van der Waals surface area contributed by atoms with Crippen LogP contribution in [0, 0.1) is 0 Å². The fraction of sp³-hybridized carbons (Fsp3) is 0.632. The maximum absolute atomic E-state index is 13.4. The molecule has 0 aromatic carbocycles. The predicted molar refractivity (Wildman–Crippen MR) is 107 cm³/mol. The Morgan fingerprint density at radius 2 is 1.97 bits per heavy atom. The van der Waals surface area contributed by atoms with E-state index in [9.17, 15) is 13.2 Å². The molecule has 0 radical (unpaired) electrons. The van der Waals surface area contributed by atoms with Crippen molar-refractivity contribution in [2.45, 2.75) is 63.8 Å². The van der Waals surface area contributed by atoms with Crippen LogP contribution in [0.3, 0.4) is 0 Å². The summed E-state index contributed by atoms with van der Waals surface area (Å²) in [5, 5.41) is 6.09. The first-order valence-corrected chi connectivity index (χ1v) is 10.7. The Labute approximate surface area is 177 Å². The highest BCUT2D eigenvalue weighted by molar-refractivity contribution is 6.32. The minimum absolute atomic E-state index is 0.0505. The molecule has 0 amide bonds. The molecule has 1 aliphatic carbocycles. The maximum Gasteiger partial charge on any atom is 0.420 e. The summed E-state index contributed by atoms with van der Waals surface area (Å²) < 4.78 is 42.3. The number of aromatic nitrogens is 3. The van der Waals surface area contributed by atoms with Gasteiger partial charge in [-0.1, -0.05) is 11.6 Å². The van der Waals surface area contributed by atoms with Crippen LogP contribution in [0.4, 0.5) is 19.1 Å². The smallest absolute Gasteiger partial charge is 0.341 e. The van der Waals surface area contributed by atoms with Crippen LogP contribution >= 0.6 is 11.6 Å². The van der Waals surface area contributed by atoms with Gasteiger partial charge >= 0.3 is 6.18 Å². The SMILES string of the molecule is CC1=C(Cl)C=C(C(F)(F)F)C2=NC(CCc3nc(N4CCCC4)n(C4CC4)n3)NN21. The maximum atomic E-state index is 13.4. The lowest BCUT2D eigenvalue weighted by Gasteiger charge is -2.28. The summed E-state index contributed by atoms with van der Waals surface area (Å²) in [6.07, 6.45) is 1.51. The lowest BCUT2D eigenvalue weighted by atomic mass is 10.1. The first-order chi connectivity index (χ1) is 14.3. The minimum atomic E-state index is -4.52. The molecule has 1 saturated carbocycles. The lowest BCUT2D eigenvalue weighted by Crippen LogP contribution is -2.43. The Balaban J connectivity index is 1.32. The molecule has 0 bridgehead atoms. The van der Waals surface area contributed by atoms with Gasteiger partial charge in [-0.3, -0.25) is 5.01 Å². The number of hydrazine groups is 1. The van der Waals surface area contributed by atoms with Crippen LogP contribution in [0.2, 0.25) is 0 Å². The number of anilines is 1. The first-order valence-electron chi connectivity index (χ1n) is 10.3. The van der Waals surface area contributed by atoms with Gasteiger partial charge in [-0.15, -0.1) is 0 Å². The number of hydrogen-bond acceptors (Lipinski definition) is 6. The van der Waals surface area contributed by atoms with Gasteiger partial charge in [0.1, 0.15) is 11.7 Å². The van der Waals surface area contributed by atoms with Gasteiger partial charge in [0.25, 0.3) is 0 Å². The van der Waals surface area contributed by atoms with E-state index in [1.165, 1.54) is 5.01 Å². The van der Waals surface area contributed by atoms with Crippen LogP contribution in [0.25, 0.3) is 0 Å². The van der Waals surface area contributed by atoms with E-state index < -0.39 is 17.9 Å². The van der Waals surface area contributed by atoms with Gasteiger partial charge in [-0.2, -0.15) is 23.3 Å². The van der Waals surface area contributed by atoms with Gasteiger partial charge in [-0.05, 0) is 45.1 Å². The number of rotatable bonds is 5. The van der Waals surface area contributed by atoms with E-state index in [-0.39, 0.29) is 10.9 Å². The van der Waals surface area contributed by atoms with Crippen molar-refractivity contribution in [3.63, 3.8) is 0 Å². The Morgan fingerprint density at radius 1 is 1.23 bits per heavy atom. The van der Waals surface area contributed by atoms with Crippen molar-refractivity contribution in [2.75, 3.05) is 18.0 Å². The number of aliphatic imine (C=N–C) groups is 1. The number of amidine groups is 1. The van der Waals surface area contributed by atoms with Gasteiger partial charge in [-0.25, -0.2) is 15.1 Å². The van der Waals surface area contributed by atoms with Gasteiger partial charge in [0.2, 0.25) is 5.95 Å². The number of alkyl halides is 3. The number of hydrogen-bond donors (Lipinski definition) is 1. The third-order valence-electron chi connectivity index (χ3n) is 5.85. The van der Waals surface area contributed by atoms with Crippen molar-refractivity contribution in [1.82, 2.24) is 25.2 Å². The topological polar surface area (TPSA) is 61.6 Å². The Morgan fingerprint density at radius 3 is 2.63 bits per heavy atom. The Kier molecular flexibility index (Phi) is 4.81. The minimum Gasteiger partial charge on any atom is -0.341 e. The number of nitrogens with zero attached hydrogens (tertiary/aromatic N) is 6. The highest BCUT2D eigenvalue weighted by Crippen LogP contribution is 2.38. The molecule has 1 aromatic heterocycles. The average molecular weight is 442 g/mol. The molecule has 7 nitrogen and oxygen atoms in total. The van der Waals surface area contributed by atoms with E-state index in [0.717, 1.165) is 50.8 Å². The van der Waals surface area contributed by atoms with Crippen molar-refractivity contribution in [2.24, 2.45) is 4.99 Å². The molecule has 4 heterocycles. The van der Waals surface area contributed by atoms with Gasteiger partial charge < -0.3 is 4.90 Å². The van der Waals surface area contributed by atoms with Crippen LogP contribution in [0.5, 0.6) is 0 Å². The molecule has 11 heteroatoms. The Hall–Kier alpha value is -2.07. The van der Waals surface area contributed by atoms with Crippen molar-refractivity contribution >= 4 is 23.4 Å². The fourth-order valence-electron chi connectivity index (χ4n) is 4.06. The first kappa shape index (κ1) is 19.9. The van der Waals surface area contributed by atoms with Crippen molar-refractivity contribution in [1.29, 1.82) is 0 Å². The number of fused-ring (bicyclic) bond motifs is 1. The van der Waals surface area contributed by atoms with E-state index in [0.29, 0.717) is 30.4 Å².